The summed E-state index contributed by atoms with van der Waals surface area (Å²) < 4.78 is 20.0. The highest BCUT2D eigenvalue weighted by molar-refractivity contribution is 6.03. The Bertz CT molecular complexity index is 1470. The fourth-order valence-electron chi connectivity index (χ4n) is 8.42. The molecule has 6 atom stereocenters. The number of carbonyl (C=O) groups excluding carboxylic acids is 2. The maximum atomic E-state index is 14.2. The Balaban J connectivity index is 1.78. The minimum atomic E-state index is -1.29. The van der Waals surface area contributed by atoms with Crippen LogP contribution in [-0.4, -0.2) is 83.2 Å². The summed E-state index contributed by atoms with van der Waals surface area (Å²) in [5.74, 6) is -0.556. The van der Waals surface area contributed by atoms with E-state index in [2.05, 4.69) is 24.9 Å². The topological polar surface area (TPSA) is 139 Å². The summed E-state index contributed by atoms with van der Waals surface area (Å²) in [6.07, 6.45) is 11.1. The van der Waals surface area contributed by atoms with Crippen molar-refractivity contribution >= 4 is 17.7 Å². The third-order valence-electron chi connectivity index (χ3n) is 10.7. The Morgan fingerprint density at radius 2 is 1.85 bits per heavy atom. The summed E-state index contributed by atoms with van der Waals surface area (Å²) in [7, 11) is 0. The van der Waals surface area contributed by atoms with E-state index in [0.29, 0.717) is 43.9 Å². The molecule has 6 unspecified atom stereocenters. The minimum Gasteiger partial charge on any atom is -0.459 e. The smallest absolute Gasteiger partial charge is 0.412 e. The van der Waals surface area contributed by atoms with Crippen molar-refractivity contribution in [2.75, 3.05) is 32.9 Å². The van der Waals surface area contributed by atoms with Crippen LogP contribution in [0.5, 0.6) is 11.5 Å². The van der Waals surface area contributed by atoms with E-state index in [-0.39, 0.29) is 49.4 Å². The first-order valence-electron chi connectivity index (χ1n) is 19.5. The van der Waals surface area contributed by atoms with Gasteiger partial charge in [-0.1, -0.05) is 37.1 Å². The fourth-order valence-corrected chi connectivity index (χ4v) is 8.42. The number of amides is 2. The summed E-state index contributed by atoms with van der Waals surface area (Å²) in [4.78, 5) is 35.0. The van der Waals surface area contributed by atoms with Crippen molar-refractivity contribution in [2.24, 2.45) is 28.8 Å². The van der Waals surface area contributed by atoms with E-state index in [1.54, 1.807) is 12.1 Å². The molecule has 0 radical (unpaired) electrons. The first-order valence-corrected chi connectivity index (χ1v) is 19.5. The largest absolute Gasteiger partial charge is 0.459 e. The van der Waals surface area contributed by atoms with E-state index in [1.165, 1.54) is 0 Å². The summed E-state index contributed by atoms with van der Waals surface area (Å²) in [6, 6.07) is 5.01. The lowest BCUT2D eigenvalue weighted by atomic mass is 9.55. The van der Waals surface area contributed by atoms with E-state index < -0.39 is 29.4 Å². The van der Waals surface area contributed by atoms with Gasteiger partial charge in [-0.05, 0) is 108 Å². The number of ether oxygens (including phenoxy) is 3. The Morgan fingerprint density at radius 1 is 1.12 bits per heavy atom. The van der Waals surface area contributed by atoms with Crippen LogP contribution < -0.4 is 14.8 Å². The maximum absolute atomic E-state index is 14.2. The summed E-state index contributed by atoms with van der Waals surface area (Å²) >= 11 is 0. The number of oxime groups is 1. The molecular weight excluding hydrogens is 662 g/mol. The fraction of sp³-hybridized carbons (Fsp3) is 0.683. The predicted molar refractivity (Wildman–Crippen MR) is 200 cm³/mol. The Labute approximate surface area is 309 Å². The Hall–Kier alpha value is -3.41. The molecule has 0 aromatic heterocycles. The van der Waals surface area contributed by atoms with Crippen molar-refractivity contribution in [2.45, 2.75) is 122 Å². The lowest BCUT2D eigenvalue weighted by Gasteiger charge is -2.60. The van der Waals surface area contributed by atoms with Crippen LogP contribution in [-0.2, 0) is 14.4 Å². The van der Waals surface area contributed by atoms with Crippen molar-refractivity contribution in [1.82, 2.24) is 10.2 Å². The second-order valence-corrected chi connectivity index (χ2v) is 15.7. The van der Waals surface area contributed by atoms with E-state index in [4.69, 9.17) is 24.2 Å². The van der Waals surface area contributed by atoms with Gasteiger partial charge < -0.3 is 39.5 Å². The van der Waals surface area contributed by atoms with Crippen molar-refractivity contribution in [3.63, 3.8) is 0 Å². The summed E-state index contributed by atoms with van der Waals surface area (Å²) in [5.41, 5.74) is 2.12. The molecule has 11 heteroatoms. The Morgan fingerprint density at radius 3 is 2.48 bits per heavy atom. The molecule has 1 aromatic carbocycles. The van der Waals surface area contributed by atoms with Gasteiger partial charge >= 0.3 is 6.09 Å². The lowest BCUT2D eigenvalue weighted by molar-refractivity contribution is -0.257. The van der Waals surface area contributed by atoms with Crippen molar-refractivity contribution in [3.8, 4) is 11.5 Å². The van der Waals surface area contributed by atoms with Gasteiger partial charge in [0.05, 0.1) is 18.2 Å². The highest BCUT2D eigenvalue weighted by atomic mass is 16.7. The number of allylic oxidation sites excluding steroid dienone is 1. The first-order chi connectivity index (χ1) is 25.0. The monoisotopic (exact) mass is 723 g/mol. The van der Waals surface area contributed by atoms with Crippen molar-refractivity contribution < 1.29 is 38.9 Å². The minimum absolute atomic E-state index is 0.0136. The lowest BCUT2D eigenvalue weighted by Crippen LogP contribution is -2.70. The Kier molecular flexibility index (Phi) is 13.5. The number of carbonyl (C=O) groups is 2. The van der Waals surface area contributed by atoms with E-state index in [0.717, 1.165) is 61.8 Å². The number of aliphatic hydroxyl groups excluding tert-OH is 2. The second-order valence-electron chi connectivity index (χ2n) is 15.7. The number of nitrogens with one attached hydrogen (secondary N) is 1. The van der Waals surface area contributed by atoms with Crippen LogP contribution in [0, 0.1) is 23.7 Å². The molecule has 52 heavy (non-hydrogen) atoms. The molecule has 1 heterocycles. The second kappa shape index (κ2) is 17.6. The highest BCUT2D eigenvalue weighted by Crippen LogP contribution is 2.62. The van der Waals surface area contributed by atoms with Crippen LogP contribution >= 0.6 is 0 Å². The number of hydrogen-bond donors (Lipinski definition) is 3. The third-order valence-corrected chi connectivity index (χ3v) is 10.7. The molecule has 2 amide bonds. The molecule has 3 aliphatic carbocycles. The van der Waals surface area contributed by atoms with Gasteiger partial charge in [-0.25, -0.2) is 4.79 Å². The zero-order valence-electron chi connectivity index (χ0n) is 31.9. The SMILES string of the molecule is C=CCOC12Oc3ccc(OC(=O)NCC)cc3C3C(CCCCO)C(CCCCO)C=C(C(=NOC(C)(C)C)CC1N(CCC)C(=O)C1CC1)C32. The van der Waals surface area contributed by atoms with Crippen molar-refractivity contribution in [1.29, 1.82) is 0 Å². The molecule has 0 spiro atoms. The van der Waals surface area contributed by atoms with Crippen LogP contribution in [0.25, 0.3) is 0 Å². The number of hydrogen-bond acceptors (Lipinski definition) is 9. The summed E-state index contributed by atoms with van der Waals surface area (Å²) in [5, 5.41) is 27.2. The molecule has 11 nitrogen and oxygen atoms in total. The van der Waals surface area contributed by atoms with Crippen molar-refractivity contribution in [3.05, 3.63) is 48.1 Å². The molecule has 5 rings (SSSR count). The molecule has 3 N–H and O–H groups in total. The van der Waals surface area contributed by atoms with Crippen LogP contribution in [0.1, 0.15) is 110 Å². The van der Waals surface area contributed by atoms with E-state index >= 15 is 0 Å². The van der Waals surface area contributed by atoms with E-state index in [9.17, 15) is 19.8 Å². The zero-order valence-corrected chi connectivity index (χ0v) is 31.9. The highest BCUT2D eigenvalue weighted by Gasteiger charge is 2.65. The van der Waals surface area contributed by atoms with Gasteiger partial charge in [0.1, 0.15) is 23.1 Å². The number of aliphatic hydroxyl groups is 2. The number of rotatable bonds is 18. The molecule has 1 aliphatic heterocycles. The van der Waals surface area contributed by atoms with Gasteiger partial charge in [-0.3, -0.25) is 4.79 Å². The zero-order chi connectivity index (χ0) is 37.5. The van der Waals surface area contributed by atoms with Crippen LogP contribution in [0.2, 0.25) is 0 Å². The van der Waals surface area contributed by atoms with Crippen LogP contribution in [0.3, 0.4) is 0 Å². The standard InChI is InChI=1S/C41H61N3O8/c1-7-20-44(38(47)27-16-17-27)35-26-33(43-52-40(4,5)6)31-24-28(14-10-12-21-45)30(15-11-13-22-46)36-32-25-29(50-39(48)42-9-3)18-19-34(32)51-41(35,37(31)36)49-23-8-2/h8,18-19,24-25,27-28,30,35-37,45-46H,2,7,9-17,20-23,26H2,1,3-6H3,(H,42,48). The molecular formula is C41H61N3O8. The number of unbranched alkanes of at least 4 members (excludes halogenated alkanes) is 2. The average molecular weight is 724 g/mol. The number of benzene rings is 1. The van der Waals surface area contributed by atoms with Gasteiger partial charge in [0.2, 0.25) is 11.7 Å². The van der Waals surface area contributed by atoms with Gasteiger partial charge in [0.25, 0.3) is 0 Å². The third kappa shape index (κ3) is 8.85. The molecule has 4 aliphatic rings. The first kappa shape index (κ1) is 39.8. The number of nitrogens with zero attached hydrogens (tertiary/aromatic N) is 2. The normalized spacial score (nSPS) is 27.1. The maximum Gasteiger partial charge on any atom is 0.412 e. The molecule has 1 aromatic rings. The quantitative estimate of drug-likeness (QED) is 0.0847. The van der Waals surface area contributed by atoms with Gasteiger partial charge in [-0.2, -0.15) is 0 Å². The molecule has 2 fully saturated rings. The molecule has 0 bridgehead atoms. The molecule has 288 valence electrons. The average Bonchev–Trinajstić information content (AvgIpc) is 3.96. The van der Waals surface area contributed by atoms with Gasteiger partial charge in [0.15, 0.2) is 0 Å². The molecule has 0 saturated heterocycles. The van der Waals surface area contributed by atoms with E-state index in [1.807, 2.05) is 44.7 Å². The summed E-state index contributed by atoms with van der Waals surface area (Å²) in [6.45, 7) is 15.2. The van der Waals surface area contributed by atoms with Crippen LogP contribution in [0.4, 0.5) is 4.79 Å². The number of fused-ring (bicyclic) bond motifs is 2. The molecule has 2 saturated carbocycles. The predicted octanol–water partition coefficient (Wildman–Crippen LogP) is 6.88. The van der Waals surface area contributed by atoms with Gasteiger partial charge in [-0.15, -0.1) is 6.58 Å². The van der Waals surface area contributed by atoms with Crippen LogP contribution in [0.15, 0.2) is 47.7 Å². The van der Waals surface area contributed by atoms with Gasteiger partial charge in [0, 0.05) is 50.1 Å².